The lowest BCUT2D eigenvalue weighted by Crippen LogP contribution is -2.44. The van der Waals surface area contributed by atoms with Gasteiger partial charge in [-0.15, -0.1) is 0 Å². The van der Waals surface area contributed by atoms with Crippen LogP contribution in [-0.2, 0) is 32.8 Å². The molecule has 1 fully saturated rings. The molecule has 260 valence electrons. The molecule has 4 aromatic carbocycles. The van der Waals surface area contributed by atoms with Crippen LogP contribution in [0.3, 0.4) is 0 Å². The number of carbonyl (C=O) groups excluding carboxylic acids is 2. The van der Waals surface area contributed by atoms with E-state index in [0.717, 1.165) is 33.8 Å². The summed E-state index contributed by atoms with van der Waals surface area (Å²) in [5, 5.41) is 0. The maximum atomic E-state index is 14.3. The number of esters is 1. The molecule has 6 rings (SSSR count). The Kier molecular flexibility index (Phi) is 10.6. The molecular weight excluding hydrogens is 649 g/mol. The largest absolute Gasteiger partial charge is 0.488 e. The lowest BCUT2D eigenvalue weighted by molar-refractivity contribution is -0.118. The Labute approximate surface area is 295 Å². The van der Waals surface area contributed by atoms with Crippen molar-refractivity contribution in [2.75, 3.05) is 25.0 Å². The second-order valence-corrected chi connectivity index (χ2v) is 15.5. The van der Waals surface area contributed by atoms with Gasteiger partial charge in [-0.25, -0.2) is 13.2 Å². The molecule has 2 aliphatic rings. The zero-order valence-corrected chi connectivity index (χ0v) is 29.9. The van der Waals surface area contributed by atoms with E-state index >= 15 is 0 Å². The minimum absolute atomic E-state index is 0.0999. The lowest BCUT2D eigenvalue weighted by atomic mass is 9.93. The first-order valence-electron chi connectivity index (χ1n) is 17.0. The molecule has 2 bridgehead atoms. The monoisotopic (exact) mass is 692 g/mol. The van der Waals surface area contributed by atoms with Gasteiger partial charge < -0.3 is 14.4 Å². The molecule has 8 nitrogen and oxygen atoms in total. The van der Waals surface area contributed by atoms with Crippen molar-refractivity contribution in [2.24, 2.45) is 17.8 Å². The summed E-state index contributed by atoms with van der Waals surface area (Å²) in [7, 11) is -2.52. The third-order valence-electron chi connectivity index (χ3n) is 9.71. The van der Waals surface area contributed by atoms with Gasteiger partial charge in [0.1, 0.15) is 24.5 Å². The molecule has 0 saturated heterocycles. The number of carbonyl (C=O) groups is 2. The number of likely N-dealkylation sites (N-methyl/N-ethyl adjacent to an activating group) is 1. The molecule has 3 atom stereocenters. The van der Waals surface area contributed by atoms with E-state index in [1.165, 1.54) is 7.05 Å². The third kappa shape index (κ3) is 7.85. The van der Waals surface area contributed by atoms with Crippen molar-refractivity contribution in [1.82, 2.24) is 4.31 Å². The predicted octanol–water partition coefficient (Wildman–Crippen LogP) is 7.41. The molecule has 0 N–H and O–H groups in total. The zero-order chi connectivity index (χ0) is 35.4. The van der Waals surface area contributed by atoms with E-state index in [1.807, 2.05) is 79.7 Å². The van der Waals surface area contributed by atoms with Crippen LogP contribution < -0.4 is 9.64 Å². The standard InChI is InChI=1S/C41H44N2O6S/c1-28-19-29(2)40(30(3)20-28)50(46,47)42(4)25-39(44)43(24-35-22-33-15-16-34(35)21-33)36-17-18-37(41(45)49-27-32-13-9-6-10-14-32)38(23-36)48-26-31-11-7-5-8-12-31/h5-20,23,33-35H,21-22,24-27H2,1-4H3. The van der Waals surface area contributed by atoms with E-state index < -0.39 is 16.0 Å². The van der Waals surface area contributed by atoms with Crippen molar-refractivity contribution < 1.29 is 27.5 Å². The number of ether oxygens (including phenoxy) is 2. The minimum Gasteiger partial charge on any atom is -0.488 e. The second kappa shape index (κ2) is 15.0. The van der Waals surface area contributed by atoms with Gasteiger partial charge in [-0.2, -0.15) is 4.31 Å². The van der Waals surface area contributed by atoms with E-state index in [1.54, 1.807) is 36.9 Å². The topological polar surface area (TPSA) is 93.2 Å². The molecule has 1 saturated carbocycles. The Hall–Kier alpha value is -4.73. The van der Waals surface area contributed by atoms with Crippen LogP contribution >= 0.6 is 0 Å². The number of hydrogen-bond acceptors (Lipinski definition) is 6. The highest BCUT2D eigenvalue weighted by Crippen LogP contribution is 2.44. The van der Waals surface area contributed by atoms with E-state index in [9.17, 15) is 18.0 Å². The average Bonchev–Trinajstić information content (AvgIpc) is 3.73. The summed E-state index contributed by atoms with van der Waals surface area (Å²) in [5.74, 6) is 0.441. The summed E-state index contributed by atoms with van der Waals surface area (Å²) in [4.78, 5) is 29.6. The van der Waals surface area contributed by atoms with E-state index in [0.29, 0.717) is 35.2 Å². The normalized spacial score (nSPS) is 18.0. The van der Waals surface area contributed by atoms with Crippen LogP contribution in [0.1, 0.15) is 51.0 Å². The van der Waals surface area contributed by atoms with Crippen molar-refractivity contribution in [2.45, 2.75) is 51.7 Å². The number of anilines is 1. The maximum Gasteiger partial charge on any atom is 0.342 e. The number of allylic oxidation sites excluding steroid dienone is 2. The van der Waals surface area contributed by atoms with Crippen LogP contribution in [0.25, 0.3) is 0 Å². The third-order valence-corrected chi connectivity index (χ3v) is 11.8. The molecule has 3 unspecified atom stereocenters. The summed E-state index contributed by atoms with van der Waals surface area (Å²) < 4.78 is 40.8. The molecule has 0 aromatic heterocycles. The van der Waals surface area contributed by atoms with Gasteiger partial charge in [-0.3, -0.25) is 4.79 Å². The summed E-state index contributed by atoms with van der Waals surface area (Å²) in [5.41, 5.74) is 4.79. The highest BCUT2D eigenvalue weighted by atomic mass is 32.2. The highest BCUT2D eigenvalue weighted by molar-refractivity contribution is 7.89. The molecule has 0 aliphatic heterocycles. The summed E-state index contributed by atoms with van der Waals surface area (Å²) >= 11 is 0. The van der Waals surface area contributed by atoms with Crippen LogP contribution in [0.15, 0.2) is 108 Å². The summed E-state index contributed by atoms with van der Waals surface area (Å²) in [6.45, 7) is 5.84. The molecule has 0 heterocycles. The molecule has 0 spiro atoms. The molecule has 2 aliphatic carbocycles. The fraction of sp³-hybridized carbons (Fsp3) is 0.317. The maximum absolute atomic E-state index is 14.3. The van der Waals surface area contributed by atoms with Crippen LogP contribution in [0, 0.1) is 38.5 Å². The number of aryl methyl sites for hydroxylation is 3. The Morgan fingerprint density at radius 1 is 0.800 bits per heavy atom. The molecule has 0 radical (unpaired) electrons. The fourth-order valence-electron chi connectivity index (χ4n) is 7.28. The Balaban J connectivity index is 1.31. The fourth-order valence-corrected chi connectivity index (χ4v) is 8.81. The number of benzene rings is 4. The van der Waals surface area contributed by atoms with Crippen LogP contribution in [0.4, 0.5) is 5.69 Å². The van der Waals surface area contributed by atoms with Gasteiger partial charge in [-0.1, -0.05) is 90.5 Å². The number of nitrogens with zero attached hydrogens (tertiary/aromatic N) is 2. The van der Waals surface area contributed by atoms with Crippen LogP contribution in [0.2, 0.25) is 0 Å². The van der Waals surface area contributed by atoms with Crippen molar-refractivity contribution in [3.8, 4) is 5.75 Å². The molecule has 9 heteroatoms. The lowest BCUT2D eigenvalue weighted by Gasteiger charge is -2.31. The van der Waals surface area contributed by atoms with Crippen molar-refractivity contribution in [3.63, 3.8) is 0 Å². The van der Waals surface area contributed by atoms with Crippen molar-refractivity contribution in [3.05, 3.63) is 137 Å². The minimum atomic E-state index is -3.97. The van der Waals surface area contributed by atoms with Gasteiger partial charge in [0.15, 0.2) is 0 Å². The van der Waals surface area contributed by atoms with Crippen LogP contribution in [0.5, 0.6) is 5.75 Å². The van der Waals surface area contributed by atoms with Gasteiger partial charge in [-0.05, 0) is 85.8 Å². The smallest absolute Gasteiger partial charge is 0.342 e. The SMILES string of the molecule is Cc1cc(C)c(S(=O)(=O)N(C)CC(=O)N(CC2CC3C=CC2C3)c2ccc(C(=O)OCc3ccccc3)c(OCc3ccccc3)c2)c(C)c1. The molecule has 4 aromatic rings. The highest BCUT2D eigenvalue weighted by Gasteiger charge is 2.38. The van der Waals surface area contributed by atoms with Gasteiger partial charge in [0.2, 0.25) is 15.9 Å². The molecule has 50 heavy (non-hydrogen) atoms. The zero-order valence-electron chi connectivity index (χ0n) is 29.0. The second-order valence-electron chi connectivity index (χ2n) is 13.6. The first-order chi connectivity index (χ1) is 24.0. The first kappa shape index (κ1) is 35.1. The van der Waals surface area contributed by atoms with E-state index in [4.69, 9.17) is 9.47 Å². The van der Waals surface area contributed by atoms with Crippen LogP contribution in [-0.4, -0.2) is 44.7 Å². The first-order valence-corrected chi connectivity index (χ1v) is 18.5. The van der Waals surface area contributed by atoms with E-state index in [2.05, 4.69) is 12.2 Å². The van der Waals surface area contributed by atoms with Gasteiger partial charge in [0, 0.05) is 25.3 Å². The molecule has 1 amide bonds. The van der Waals surface area contributed by atoms with E-state index in [-0.39, 0.29) is 47.8 Å². The Morgan fingerprint density at radius 2 is 1.44 bits per heavy atom. The number of sulfonamides is 1. The summed E-state index contributed by atoms with van der Waals surface area (Å²) in [6, 6.07) is 27.8. The number of rotatable bonds is 13. The number of amides is 1. The predicted molar refractivity (Wildman–Crippen MR) is 194 cm³/mol. The number of hydrogen-bond donors (Lipinski definition) is 0. The average molecular weight is 693 g/mol. The van der Waals surface area contributed by atoms with Gasteiger partial charge >= 0.3 is 5.97 Å². The van der Waals surface area contributed by atoms with Crippen molar-refractivity contribution in [1.29, 1.82) is 0 Å². The van der Waals surface area contributed by atoms with Gasteiger partial charge in [0.25, 0.3) is 0 Å². The molecular formula is C41H44N2O6S. The Morgan fingerprint density at radius 3 is 2.04 bits per heavy atom. The quantitative estimate of drug-likeness (QED) is 0.107. The Bertz CT molecular complexity index is 1970. The number of fused-ring (bicyclic) bond motifs is 2. The summed E-state index contributed by atoms with van der Waals surface area (Å²) in [6.07, 6.45) is 6.51. The van der Waals surface area contributed by atoms with Gasteiger partial charge in [0.05, 0.1) is 11.4 Å². The van der Waals surface area contributed by atoms with Crippen molar-refractivity contribution >= 4 is 27.6 Å².